The predicted octanol–water partition coefficient (Wildman–Crippen LogP) is 3.63. The van der Waals surface area contributed by atoms with Gasteiger partial charge in [-0.2, -0.15) is 22.7 Å². The summed E-state index contributed by atoms with van der Waals surface area (Å²) in [6.07, 6.45) is -4.66. The summed E-state index contributed by atoms with van der Waals surface area (Å²) in [6.45, 7) is 2.50. The Bertz CT molecular complexity index is 1070. The monoisotopic (exact) mass is 467 g/mol. The molecule has 1 unspecified atom stereocenters. The Morgan fingerprint density at radius 1 is 1.16 bits per heavy atom. The maximum Gasteiger partial charge on any atom is 0.417 e. The Labute approximate surface area is 185 Å². The molecule has 2 aromatic carbocycles. The number of hydrogen-bond acceptors (Lipinski definition) is 5. The Hall–Kier alpha value is -2.61. The van der Waals surface area contributed by atoms with Gasteiger partial charge in [0.25, 0.3) is 0 Å². The van der Waals surface area contributed by atoms with Crippen LogP contribution in [0, 0.1) is 11.3 Å². The van der Waals surface area contributed by atoms with E-state index in [0.29, 0.717) is 6.61 Å². The van der Waals surface area contributed by atoms with E-state index in [4.69, 9.17) is 10.00 Å². The smallest absolute Gasteiger partial charge is 0.375 e. The molecule has 2 aromatic rings. The highest BCUT2D eigenvalue weighted by molar-refractivity contribution is 7.89. The molecule has 1 saturated heterocycles. The first kappa shape index (κ1) is 24.0. The van der Waals surface area contributed by atoms with Gasteiger partial charge in [0.15, 0.2) is 0 Å². The average Bonchev–Trinajstić information content (AvgIpc) is 2.78. The van der Waals surface area contributed by atoms with Crippen LogP contribution in [0.25, 0.3) is 0 Å². The van der Waals surface area contributed by atoms with Crippen LogP contribution in [0.3, 0.4) is 0 Å². The Morgan fingerprint density at radius 3 is 2.50 bits per heavy atom. The summed E-state index contributed by atoms with van der Waals surface area (Å²) < 4.78 is 72.4. The molecule has 172 valence electrons. The van der Waals surface area contributed by atoms with Gasteiger partial charge in [0, 0.05) is 25.3 Å². The van der Waals surface area contributed by atoms with Gasteiger partial charge in [-0.15, -0.1) is 0 Å². The van der Waals surface area contributed by atoms with Gasteiger partial charge in [0.05, 0.1) is 42.2 Å². The van der Waals surface area contributed by atoms with E-state index in [-0.39, 0.29) is 37.7 Å². The molecule has 0 bridgehead atoms. The number of halogens is 3. The average molecular weight is 468 g/mol. The number of piperazine rings is 1. The quantitative estimate of drug-likeness (QED) is 0.622. The van der Waals surface area contributed by atoms with Crippen LogP contribution < -0.4 is 4.90 Å². The summed E-state index contributed by atoms with van der Waals surface area (Å²) in [7, 11) is -3.51. The molecule has 6 nitrogen and oxygen atoms in total. The lowest BCUT2D eigenvalue weighted by atomic mass is 10.1. The van der Waals surface area contributed by atoms with Crippen molar-refractivity contribution >= 4 is 15.7 Å². The highest BCUT2D eigenvalue weighted by atomic mass is 32.2. The van der Waals surface area contributed by atoms with E-state index < -0.39 is 33.4 Å². The van der Waals surface area contributed by atoms with Gasteiger partial charge in [-0.25, -0.2) is 8.42 Å². The predicted molar refractivity (Wildman–Crippen MR) is 114 cm³/mol. The molecule has 0 amide bonds. The first-order valence-corrected chi connectivity index (χ1v) is 11.7. The molecule has 0 saturated carbocycles. The molecule has 1 aliphatic rings. The van der Waals surface area contributed by atoms with Gasteiger partial charge in [-0.05, 0) is 30.7 Å². The van der Waals surface area contributed by atoms with Crippen molar-refractivity contribution < 1.29 is 26.3 Å². The second-order valence-corrected chi connectivity index (χ2v) is 9.66. The molecule has 0 N–H and O–H groups in total. The fraction of sp³-hybridized carbons (Fsp3) is 0.409. The lowest BCUT2D eigenvalue weighted by Gasteiger charge is -2.41. The maximum atomic E-state index is 13.4. The van der Waals surface area contributed by atoms with Crippen LogP contribution in [-0.4, -0.2) is 50.8 Å². The van der Waals surface area contributed by atoms with Crippen molar-refractivity contribution in [2.45, 2.75) is 25.7 Å². The summed E-state index contributed by atoms with van der Waals surface area (Å²) in [5, 5.41) is 9.01. The van der Waals surface area contributed by atoms with E-state index >= 15 is 0 Å². The molecule has 1 heterocycles. The minimum atomic E-state index is -4.66. The number of sulfonamides is 1. The Kier molecular flexibility index (Phi) is 7.44. The Morgan fingerprint density at radius 2 is 1.88 bits per heavy atom. The molecule has 1 fully saturated rings. The van der Waals surface area contributed by atoms with E-state index in [1.54, 1.807) is 17.9 Å². The largest absolute Gasteiger partial charge is 0.417 e. The fourth-order valence-electron chi connectivity index (χ4n) is 3.69. The van der Waals surface area contributed by atoms with E-state index in [2.05, 4.69) is 0 Å². The molecular formula is C22H24F3N3O3S. The van der Waals surface area contributed by atoms with E-state index in [1.807, 2.05) is 30.3 Å². The molecule has 32 heavy (non-hydrogen) atoms. The molecule has 0 aromatic heterocycles. The molecule has 3 rings (SSSR count). The minimum Gasteiger partial charge on any atom is -0.375 e. The first-order valence-electron chi connectivity index (χ1n) is 10.1. The number of anilines is 1. The molecular weight excluding hydrogens is 443 g/mol. The topological polar surface area (TPSA) is 73.6 Å². The Balaban J connectivity index is 1.81. The van der Waals surface area contributed by atoms with Crippen LogP contribution in [0.5, 0.6) is 0 Å². The lowest BCUT2D eigenvalue weighted by Crippen LogP contribution is -2.57. The number of ether oxygens (including phenoxy) is 1. The number of alkyl halides is 3. The van der Waals surface area contributed by atoms with Crippen molar-refractivity contribution in [1.29, 1.82) is 5.26 Å². The SMILES string of the molecule is CCS(=O)(=O)N1CCN(c2ccc(C#N)c(C(F)(F)F)c2)CC1COCc1ccccc1. The molecule has 1 atom stereocenters. The number of nitriles is 1. The second kappa shape index (κ2) is 9.90. The van der Waals surface area contributed by atoms with E-state index in [9.17, 15) is 21.6 Å². The summed E-state index contributed by atoms with van der Waals surface area (Å²) >= 11 is 0. The van der Waals surface area contributed by atoms with E-state index in [1.165, 1.54) is 10.4 Å². The summed E-state index contributed by atoms with van der Waals surface area (Å²) in [6, 6.07) is 14.0. The molecule has 1 aliphatic heterocycles. The van der Waals surface area contributed by atoms with Crippen molar-refractivity contribution in [2.24, 2.45) is 0 Å². The standard InChI is InChI=1S/C22H24F3N3O3S/c1-2-32(29,30)28-11-10-27(14-20(28)16-31-15-17-6-4-3-5-7-17)19-9-8-18(13-26)21(12-19)22(23,24)25/h3-9,12,20H,2,10-11,14-16H2,1H3. The normalized spacial score (nSPS) is 17.8. The highest BCUT2D eigenvalue weighted by Gasteiger charge is 2.37. The third-order valence-corrected chi connectivity index (χ3v) is 7.29. The van der Waals surface area contributed by atoms with Crippen LogP contribution in [0.1, 0.15) is 23.6 Å². The fourth-order valence-corrected chi connectivity index (χ4v) is 4.96. The molecule has 0 aliphatic carbocycles. The number of benzene rings is 2. The second-order valence-electron chi connectivity index (χ2n) is 7.45. The van der Waals surface area contributed by atoms with Crippen molar-refractivity contribution in [1.82, 2.24) is 4.31 Å². The van der Waals surface area contributed by atoms with Crippen LogP contribution in [0.2, 0.25) is 0 Å². The molecule has 10 heteroatoms. The van der Waals surface area contributed by atoms with Gasteiger partial charge in [0.1, 0.15) is 0 Å². The zero-order valence-electron chi connectivity index (χ0n) is 17.5. The van der Waals surface area contributed by atoms with Gasteiger partial charge >= 0.3 is 6.18 Å². The van der Waals surface area contributed by atoms with Gasteiger partial charge in [-0.3, -0.25) is 0 Å². The maximum absolute atomic E-state index is 13.4. The third kappa shape index (κ3) is 5.59. The number of hydrogen-bond donors (Lipinski definition) is 0. The molecule has 0 spiro atoms. The van der Waals surface area contributed by atoms with Gasteiger partial charge < -0.3 is 9.64 Å². The number of nitrogens with zero attached hydrogens (tertiary/aromatic N) is 3. The van der Waals surface area contributed by atoms with Crippen molar-refractivity contribution in [3.8, 4) is 6.07 Å². The minimum absolute atomic E-state index is 0.0721. The summed E-state index contributed by atoms with van der Waals surface area (Å²) in [4.78, 5) is 1.70. The van der Waals surface area contributed by atoms with Crippen molar-refractivity contribution in [3.63, 3.8) is 0 Å². The van der Waals surface area contributed by atoms with Crippen LogP contribution >= 0.6 is 0 Å². The first-order chi connectivity index (χ1) is 15.2. The van der Waals surface area contributed by atoms with Crippen molar-refractivity contribution in [3.05, 3.63) is 65.2 Å². The van der Waals surface area contributed by atoms with Crippen molar-refractivity contribution in [2.75, 3.05) is 36.9 Å². The summed E-state index contributed by atoms with van der Waals surface area (Å²) in [5.41, 5.74) is -0.223. The summed E-state index contributed by atoms with van der Waals surface area (Å²) in [5.74, 6) is -0.0721. The highest BCUT2D eigenvalue weighted by Crippen LogP contribution is 2.35. The van der Waals surface area contributed by atoms with Crippen LogP contribution in [0.15, 0.2) is 48.5 Å². The zero-order valence-corrected chi connectivity index (χ0v) is 18.4. The zero-order chi connectivity index (χ0) is 23.4. The van der Waals surface area contributed by atoms with Crippen LogP contribution in [0.4, 0.5) is 18.9 Å². The number of rotatable bonds is 7. The third-order valence-electron chi connectivity index (χ3n) is 5.37. The van der Waals surface area contributed by atoms with Crippen LogP contribution in [-0.2, 0) is 27.5 Å². The lowest BCUT2D eigenvalue weighted by molar-refractivity contribution is -0.137. The van der Waals surface area contributed by atoms with Gasteiger partial charge in [-0.1, -0.05) is 30.3 Å². The van der Waals surface area contributed by atoms with Gasteiger partial charge in [0.2, 0.25) is 10.0 Å². The van der Waals surface area contributed by atoms with E-state index in [0.717, 1.165) is 17.7 Å². The molecule has 0 radical (unpaired) electrons.